The first-order valence-electron chi connectivity index (χ1n) is 8.48. The molecule has 2 aromatic carbocycles. The lowest BCUT2D eigenvalue weighted by Gasteiger charge is -2.10. The average molecular weight is 383 g/mol. The lowest BCUT2D eigenvalue weighted by molar-refractivity contribution is 0.102. The van der Waals surface area contributed by atoms with E-state index in [2.05, 4.69) is 22.5 Å². The van der Waals surface area contributed by atoms with E-state index in [1.807, 2.05) is 42.5 Å². The number of ether oxygens (including phenoxy) is 2. The largest absolute Gasteiger partial charge is 0.493 e. The number of aromatic nitrogens is 1. The lowest BCUT2D eigenvalue weighted by Crippen LogP contribution is -2.13. The summed E-state index contributed by atoms with van der Waals surface area (Å²) in [6, 6.07) is 13.2. The monoisotopic (exact) mass is 383 g/mol. The molecule has 0 aliphatic carbocycles. The van der Waals surface area contributed by atoms with Gasteiger partial charge in [-0.05, 0) is 30.2 Å². The molecule has 3 aromatic rings. The van der Waals surface area contributed by atoms with Gasteiger partial charge in [-0.15, -0.1) is 11.3 Å². The third kappa shape index (κ3) is 4.38. The summed E-state index contributed by atoms with van der Waals surface area (Å²) in [6.45, 7) is 2.05. The highest BCUT2D eigenvalue weighted by Crippen LogP contribution is 2.31. The number of rotatable bonds is 7. The molecule has 3 rings (SSSR count). The highest BCUT2D eigenvalue weighted by atomic mass is 32.1. The van der Waals surface area contributed by atoms with Gasteiger partial charge in [0.2, 0.25) is 0 Å². The summed E-state index contributed by atoms with van der Waals surface area (Å²) in [5, 5.41) is 8.46. The molecule has 0 saturated heterocycles. The number of amides is 1. The number of hydrogen-bond donors (Lipinski definition) is 2. The van der Waals surface area contributed by atoms with Gasteiger partial charge in [0.15, 0.2) is 16.6 Å². The maximum absolute atomic E-state index is 12.5. The molecule has 0 aliphatic heterocycles. The van der Waals surface area contributed by atoms with Crippen LogP contribution in [-0.4, -0.2) is 25.1 Å². The number of nitrogens with zero attached hydrogens (tertiary/aromatic N) is 1. The van der Waals surface area contributed by atoms with E-state index in [1.165, 1.54) is 11.3 Å². The second kappa shape index (κ2) is 8.55. The Bertz CT molecular complexity index is 940. The van der Waals surface area contributed by atoms with Crippen molar-refractivity contribution in [3.63, 3.8) is 0 Å². The van der Waals surface area contributed by atoms with Crippen LogP contribution in [0.3, 0.4) is 0 Å². The van der Waals surface area contributed by atoms with Crippen molar-refractivity contribution in [2.24, 2.45) is 0 Å². The Morgan fingerprint density at radius 2 is 1.89 bits per heavy atom. The quantitative estimate of drug-likeness (QED) is 0.618. The number of anilines is 3. The molecule has 27 heavy (non-hydrogen) atoms. The topological polar surface area (TPSA) is 72.5 Å². The molecule has 140 valence electrons. The maximum Gasteiger partial charge on any atom is 0.275 e. The SMILES string of the molecule is CCc1ccccc1NC(=O)c1csc(Nc2ccc(OC)c(OC)c2)n1. The standard InChI is InChI=1S/C20H21N3O3S/c1-4-13-7-5-6-8-15(13)22-19(24)16-12-27-20(23-16)21-14-9-10-17(25-2)18(11-14)26-3/h5-12H,4H2,1-3H3,(H,21,23)(H,22,24). The minimum absolute atomic E-state index is 0.229. The molecule has 0 saturated carbocycles. The summed E-state index contributed by atoms with van der Waals surface area (Å²) in [5.74, 6) is 1.04. The van der Waals surface area contributed by atoms with E-state index in [0.29, 0.717) is 22.3 Å². The van der Waals surface area contributed by atoms with Crippen LogP contribution in [0.1, 0.15) is 23.0 Å². The number of methoxy groups -OCH3 is 2. The van der Waals surface area contributed by atoms with Crippen molar-refractivity contribution in [1.82, 2.24) is 4.98 Å². The Hall–Kier alpha value is -3.06. The van der Waals surface area contributed by atoms with Crippen LogP contribution < -0.4 is 20.1 Å². The van der Waals surface area contributed by atoms with Gasteiger partial charge in [0.1, 0.15) is 5.69 Å². The highest BCUT2D eigenvalue weighted by molar-refractivity contribution is 7.14. The van der Waals surface area contributed by atoms with Crippen LogP contribution in [0, 0.1) is 0 Å². The van der Waals surface area contributed by atoms with Crippen LogP contribution in [0.15, 0.2) is 47.8 Å². The van der Waals surface area contributed by atoms with Crippen LogP contribution in [-0.2, 0) is 6.42 Å². The molecular formula is C20H21N3O3S. The minimum atomic E-state index is -0.229. The second-order valence-electron chi connectivity index (χ2n) is 5.70. The number of aryl methyl sites for hydroxylation is 1. The van der Waals surface area contributed by atoms with Crippen molar-refractivity contribution >= 4 is 33.8 Å². The third-order valence-electron chi connectivity index (χ3n) is 4.02. The molecular weight excluding hydrogens is 362 g/mol. The molecule has 0 fully saturated rings. The first-order valence-corrected chi connectivity index (χ1v) is 9.36. The van der Waals surface area contributed by atoms with E-state index >= 15 is 0 Å². The zero-order valence-electron chi connectivity index (χ0n) is 15.4. The van der Waals surface area contributed by atoms with Crippen LogP contribution in [0.4, 0.5) is 16.5 Å². The predicted molar refractivity (Wildman–Crippen MR) is 109 cm³/mol. The second-order valence-corrected chi connectivity index (χ2v) is 6.56. The number of carbonyl (C=O) groups excluding carboxylic acids is 1. The van der Waals surface area contributed by atoms with E-state index < -0.39 is 0 Å². The Kier molecular flexibility index (Phi) is 5.93. The fourth-order valence-electron chi connectivity index (χ4n) is 2.61. The number of nitrogens with one attached hydrogen (secondary N) is 2. The summed E-state index contributed by atoms with van der Waals surface area (Å²) in [6.07, 6.45) is 0.847. The van der Waals surface area contributed by atoms with Crippen molar-refractivity contribution in [2.45, 2.75) is 13.3 Å². The smallest absolute Gasteiger partial charge is 0.275 e. The van der Waals surface area contributed by atoms with Crippen LogP contribution >= 0.6 is 11.3 Å². The number of benzene rings is 2. The van der Waals surface area contributed by atoms with E-state index in [1.54, 1.807) is 19.6 Å². The van der Waals surface area contributed by atoms with E-state index in [0.717, 1.165) is 23.4 Å². The van der Waals surface area contributed by atoms with Gasteiger partial charge in [-0.1, -0.05) is 25.1 Å². The molecule has 2 N–H and O–H groups in total. The van der Waals surface area contributed by atoms with Crippen LogP contribution in [0.25, 0.3) is 0 Å². The molecule has 0 bridgehead atoms. The summed E-state index contributed by atoms with van der Waals surface area (Å²) >= 11 is 1.36. The zero-order chi connectivity index (χ0) is 19.2. The van der Waals surface area contributed by atoms with Crippen LogP contribution in [0.5, 0.6) is 11.5 Å². The fraction of sp³-hybridized carbons (Fsp3) is 0.200. The number of thiazole rings is 1. The van der Waals surface area contributed by atoms with Crippen molar-refractivity contribution in [3.8, 4) is 11.5 Å². The van der Waals surface area contributed by atoms with Gasteiger partial charge in [-0.3, -0.25) is 4.79 Å². The van der Waals surface area contributed by atoms with Gasteiger partial charge in [0.05, 0.1) is 14.2 Å². The molecule has 6 nitrogen and oxygen atoms in total. The Morgan fingerprint density at radius 1 is 1.11 bits per heavy atom. The third-order valence-corrected chi connectivity index (χ3v) is 4.78. The first kappa shape index (κ1) is 18.7. The fourth-order valence-corrected chi connectivity index (χ4v) is 3.32. The van der Waals surface area contributed by atoms with E-state index in [-0.39, 0.29) is 5.91 Å². The molecule has 1 amide bonds. The lowest BCUT2D eigenvalue weighted by atomic mass is 10.1. The molecule has 0 aliphatic rings. The summed E-state index contributed by atoms with van der Waals surface area (Å²) < 4.78 is 10.5. The van der Waals surface area contributed by atoms with E-state index in [4.69, 9.17) is 9.47 Å². The van der Waals surface area contributed by atoms with Crippen molar-refractivity contribution in [2.75, 3.05) is 24.9 Å². The first-order chi connectivity index (χ1) is 13.1. The molecule has 1 heterocycles. The number of para-hydroxylation sites is 1. The van der Waals surface area contributed by atoms with E-state index in [9.17, 15) is 4.79 Å². The molecule has 0 radical (unpaired) electrons. The van der Waals surface area contributed by atoms with Gasteiger partial charge >= 0.3 is 0 Å². The number of hydrogen-bond acceptors (Lipinski definition) is 6. The summed E-state index contributed by atoms with van der Waals surface area (Å²) in [4.78, 5) is 16.9. The summed E-state index contributed by atoms with van der Waals surface area (Å²) in [5.41, 5.74) is 3.07. The molecule has 7 heteroatoms. The predicted octanol–water partition coefficient (Wildman–Crippen LogP) is 4.72. The maximum atomic E-state index is 12.5. The van der Waals surface area contributed by atoms with Crippen molar-refractivity contribution in [1.29, 1.82) is 0 Å². The van der Waals surface area contributed by atoms with Crippen LogP contribution in [0.2, 0.25) is 0 Å². The molecule has 1 aromatic heterocycles. The van der Waals surface area contributed by atoms with Crippen molar-refractivity contribution in [3.05, 3.63) is 59.1 Å². The highest BCUT2D eigenvalue weighted by Gasteiger charge is 2.13. The Labute approximate surface area is 162 Å². The Balaban J connectivity index is 1.72. The molecule has 0 unspecified atom stereocenters. The van der Waals surface area contributed by atoms with Crippen molar-refractivity contribution < 1.29 is 14.3 Å². The molecule has 0 spiro atoms. The normalized spacial score (nSPS) is 10.3. The zero-order valence-corrected chi connectivity index (χ0v) is 16.2. The van der Waals surface area contributed by atoms with Gasteiger partial charge in [0.25, 0.3) is 5.91 Å². The molecule has 0 atom stereocenters. The average Bonchev–Trinajstić information content (AvgIpc) is 3.17. The summed E-state index contributed by atoms with van der Waals surface area (Å²) in [7, 11) is 3.18. The van der Waals surface area contributed by atoms with Gasteiger partial charge in [0, 0.05) is 22.8 Å². The van der Waals surface area contributed by atoms with Gasteiger partial charge in [-0.25, -0.2) is 4.98 Å². The Morgan fingerprint density at radius 3 is 2.63 bits per heavy atom. The minimum Gasteiger partial charge on any atom is -0.493 e. The van der Waals surface area contributed by atoms with Gasteiger partial charge < -0.3 is 20.1 Å². The van der Waals surface area contributed by atoms with Gasteiger partial charge in [-0.2, -0.15) is 0 Å². The number of carbonyl (C=O) groups is 1.